The number of rotatable bonds is 4. The molecule has 0 spiro atoms. The van der Waals surface area contributed by atoms with Gasteiger partial charge < -0.3 is 15.5 Å². The Kier molecular flexibility index (Phi) is 5.87. The molecule has 5 heteroatoms. The Labute approximate surface area is 148 Å². The number of likely N-dealkylation sites (N-methyl/N-ethyl adjacent to an activating group) is 1. The zero-order chi connectivity index (χ0) is 17.2. The summed E-state index contributed by atoms with van der Waals surface area (Å²) in [5.41, 5.74) is 6.25. The molecule has 23 heavy (non-hydrogen) atoms. The smallest absolute Gasteiger partial charge is 0.246 e. The Bertz CT molecular complexity index is 534. The molecule has 1 aliphatic heterocycles. The highest BCUT2D eigenvalue weighted by Gasteiger charge is 2.36. The first-order valence-electron chi connectivity index (χ1n) is 8.29. The number of halogens is 1. The summed E-state index contributed by atoms with van der Waals surface area (Å²) in [7, 11) is 1.89. The van der Waals surface area contributed by atoms with E-state index in [2.05, 4.69) is 34.7 Å². The summed E-state index contributed by atoms with van der Waals surface area (Å²) in [4.78, 5) is 17.3. The fraction of sp³-hybridized carbons (Fsp3) is 0.611. The average Bonchev–Trinajstić information content (AvgIpc) is 2.54. The number of likely N-dealkylation sites (tertiary alicyclic amines) is 1. The van der Waals surface area contributed by atoms with Crippen LogP contribution in [0.3, 0.4) is 0 Å². The van der Waals surface area contributed by atoms with E-state index in [1.54, 1.807) is 6.92 Å². The molecule has 0 radical (unpaired) electrons. The highest BCUT2D eigenvalue weighted by Crippen LogP contribution is 2.25. The van der Waals surface area contributed by atoms with Crippen LogP contribution in [0, 0.1) is 0 Å². The lowest BCUT2D eigenvalue weighted by molar-refractivity contribution is -0.138. The van der Waals surface area contributed by atoms with E-state index in [9.17, 15) is 4.79 Å². The van der Waals surface area contributed by atoms with Crippen molar-refractivity contribution in [2.45, 2.75) is 51.2 Å². The van der Waals surface area contributed by atoms with Gasteiger partial charge in [-0.2, -0.15) is 0 Å². The van der Waals surface area contributed by atoms with Crippen LogP contribution in [0.4, 0.5) is 0 Å². The van der Waals surface area contributed by atoms with Crippen LogP contribution < -0.4 is 5.73 Å². The molecule has 1 aromatic carbocycles. The molecule has 2 rings (SSSR count). The minimum Gasteiger partial charge on any atom is -0.341 e. The zero-order valence-corrected chi connectivity index (χ0v) is 16.1. The van der Waals surface area contributed by atoms with Gasteiger partial charge in [-0.05, 0) is 51.3 Å². The normalized spacial score (nSPS) is 19.6. The predicted molar refractivity (Wildman–Crippen MR) is 98.2 cm³/mol. The first-order valence-corrected chi connectivity index (χ1v) is 9.09. The molecule has 0 saturated carbocycles. The van der Waals surface area contributed by atoms with E-state index in [1.165, 1.54) is 0 Å². The summed E-state index contributed by atoms with van der Waals surface area (Å²) in [6, 6.07) is 8.52. The summed E-state index contributed by atoms with van der Waals surface area (Å²) in [5, 5.41) is 0. The molecule has 1 aromatic rings. The molecular formula is C18H28BrN3O. The lowest BCUT2D eigenvalue weighted by Crippen LogP contribution is -2.55. The van der Waals surface area contributed by atoms with Gasteiger partial charge in [0.05, 0.1) is 0 Å². The number of piperidine rings is 1. The SMILES string of the molecule is CC(C)N1CCC(N(C)C(=O)C(C)(N)c2ccc(Br)cc2)CC1. The third kappa shape index (κ3) is 4.14. The van der Waals surface area contributed by atoms with E-state index in [0.717, 1.165) is 36.0 Å². The second-order valence-corrected chi connectivity index (χ2v) is 7.90. The molecule has 0 bridgehead atoms. The lowest BCUT2D eigenvalue weighted by Gasteiger charge is -2.40. The second kappa shape index (κ2) is 7.32. The molecular weight excluding hydrogens is 354 g/mol. The molecule has 128 valence electrons. The van der Waals surface area contributed by atoms with Crippen LogP contribution >= 0.6 is 15.9 Å². The zero-order valence-electron chi connectivity index (χ0n) is 14.6. The number of nitrogens with zero attached hydrogens (tertiary/aromatic N) is 2. The van der Waals surface area contributed by atoms with E-state index < -0.39 is 5.54 Å². The minimum absolute atomic E-state index is 0.0113. The molecule has 1 unspecified atom stereocenters. The van der Waals surface area contributed by atoms with Gasteiger partial charge in [-0.15, -0.1) is 0 Å². The Balaban J connectivity index is 2.05. The summed E-state index contributed by atoms with van der Waals surface area (Å²) in [6.07, 6.45) is 2.02. The van der Waals surface area contributed by atoms with E-state index in [0.29, 0.717) is 6.04 Å². The number of benzene rings is 1. The Morgan fingerprint density at radius 3 is 2.30 bits per heavy atom. The molecule has 0 aromatic heterocycles. The first-order chi connectivity index (χ1) is 10.7. The number of amides is 1. The standard InChI is InChI=1S/C18H28BrN3O/c1-13(2)22-11-9-16(10-12-22)21(4)17(23)18(3,20)14-5-7-15(19)8-6-14/h5-8,13,16H,9-12,20H2,1-4H3. The Hall–Kier alpha value is -0.910. The fourth-order valence-corrected chi connectivity index (χ4v) is 3.51. The largest absolute Gasteiger partial charge is 0.341 e. The predicted octanol–water partition coefficient (Wildman–Crippen LogP) is 2.95. The number of carbonyl (C=O) groups is 1. The number of carbonyl (C=O) groups excluding carboxylic acids is 1. The van der Waals surface area contributed by atoms with E-state index in [1.807, 2.05) is 36.2 Å². The molecule has 1 saturated heterocycles. The van der Waals surface area contributed by atoms with Crippen LogP contribution in [0.2, 0.25) is 0 Å². The highest BCUT2D eigenvalue weighted by molar-refractivity contribution is 9.10. The third-order valence-electron chi connectivity index (χ3n) is 4.99. The van der Waals surface area contributed by atoms with Gasteiger partial charge >= 0.3 is 0 Å². The summed E-state index contributed by atoms with van der Waals surface area (Å²) < 4.78 is 0.985. The van der Waals surface area contributed by atoms with Gasteiger partial charge in [0.15, 0.2) is 0 Å². The van der Waals surface area contributed by atoms with E-state index in [-0.39, 0.29) is 11.9 Å². The molecule has 1 heterocycles. The van der Waals surface area contributed by atoms with Gasteiger partial charge in [-0.1, -0.05) is 28.1 Å². The number of hydrogen-bond acceptors (Lipinski definition) is 3. The van der Waals surface area contributed by atoms with Crippen LogP contribution in [0.1, 0.15) is 39.2 Å². The number of nitrogens with two attached hydrogens (primary N) is 1. The molecule has 1 amide bonds. The maximum atomic E-state index is 12.9. The Morgan fingerprint density at radius 1 is 1.30 bits per heavy atom. The van der Waals surface area contributed by atoms with Crippen LogP contribution in [-0.2, 0) is 10.3 Å². The molecule has 1 atom stereocenters. The van der Waals surface area contributed by atoms with Crippen molar-refractivity contribution in [2.24, 2.45) is 5.73 Å². The third-order valence-corrected chi connectivity index (χ3v) is 5.51. The summed E-state index contributed by atoms with van der Waals surface area (Å²) in [5.74, 6) is -0.0113. The van der Waals surface area contributed by atoms with Gasteiger partial charge in [0.25, 0.3) is 0 Å². The molecule has 0 aliphatic carbocycles. The van der Waals surface area contributed by atoms with Gasteiger partial charge in [0, 0.05) is 36.7 Å². The lowest BCUT2D eigenvalue weighted by atomic mass is 9.90. The van der Waals surface area contributed by atoms with Crippen LogP contribution in [0.5, 0.6) is 0 Å². The minimum atomic E-state index is -0.995. The van der Waals surface area contributed by atoms with E-state index >= 15 is 0 Å². The van der Waals surface area contributed by atoms with Crippen LogP contribution in [0.25, 0.3) is 0 Å². The van der Waals surface area contributed by atoms with Gasteiger partial charge in [0.2, 0.25) is 5.91 Å². The van der Waals surface area contributed by atoms with E-state index in [4.69, 9.17) is 5.73 Å². The van der Waals surface area contributed by atoms with Gasteiger partial charge in [0.1, 0.15) is 5.54 Å². The maximum absolute atomic E-state index is 12.9. The van der Waals surface area contributed by atoms with Gasteiger partial charge in [-0.3, -0.25) is 4.79 Å². The molecule has 1 aliphatic rings. The summed E-state index contributed by atoms with van der Waals surface area (Å²) in [6.45, 7) is 8.33. The molecule has 2 N–H and O–H groups in total. The number of hydrogen-bond donors (Lipinski definition) is 1. The van der Waals surface area contributed by atoms with Crippen molar-refractivity contribution in [3.05, 3.63) is 34.3 Å². The average molecular weight is 382 g/mol. The van der Waals surface area contributed by atoms with Crippen molar-refractivity contribution < 1.29 is 4.79 Å². The molecule has 4 nitrogen and oxygen atoms in total. The topological polar surface area (TPSA) is 49.6 Å². The first kappa shape index (κ1) is 18.4. The highest BCUT2D eigenvalue weighted by atomic mass is 79.9. The second-order valence-electron chi connectivity index (χ2n) is 6.99. The van der Waals surface area contributed by atoms with Crippen molar-refractivity contribution in [1.82, 2.24) is 9.80 Å². The van der Waals surface area contributed by atoms with Crippen LogP contribution in [-0.4, -0.2) is 47.9 Å². The van der Waals surface area contributed by atoms with Crippen LogP contribution in [0.15, 0.2) is 28.7 Å². The van der Waals surface area contributed by atoms with Crippen molar-refractivity contribution in [2.75, 3.05) is 20.1 Å². The maximum Gasteiger partial charge on any atom is 0.246 e. The fourth-order valence-electron chi connectivity index (χ4n) is 3.24. The van der Waals surface area contributed by atoms with Gasteiger partial charge in [-0.25, -0.2) is 0 Å². The quantitative estimate of drug-likeness (QED) is 0.871. The summed E-state index contributed by atoms with van der Waals surface area (Å²) >= 11 is 3.42. The van der Waals surface area contributed by atoms with Crippen molar-refractivity contribution in [3.63, 3.8) is 0 Å². The Morgan fingerprint density at radius 2 is 1.83 bits per heavy atom. The monoisotopic (exact) mass is 381 g/mol. The van der Waals surface area contributed by atoms with Crippen molar-refractivity contribution >= 4 is 21.8 Å². The molecule has 1 fully saturated rings. The van der Waals surface area contributed by atoms with Crippen molar-refractivity contribution in [1.29, 1.82) is 0 Å². The van der Waals surface area contributed by atoms with Crippen molar-refractivity contribution in [3.8, 4) is 0 Å².